The van der Waals surface area contributed by atoms with E-state index in [-0.39, 0.29) is 30.0 Å². The highest BCUT2D eigenvalue weighted by atomic mass is 35.5. The number of non-ortho nitro benzene ring substituents is 1. The smallest absolute Gasteiger partial charge is 0.271 e. The van der Waals surface area contributed by atoms with Gasteiger partial charge in [-0.25, -0.2) is 4.98 Å². The summed E-state index contributed by atoms with van der Waals surface area (Å²) in [4.78, 5) is 26.8. The second kappa shape index (κ2) is 8.18. The van der Waals surface area contributed by atoms with Gasteiger partial charge in [-0.05, 0) is 31.5 Å². The van der Waals surface area contributed by atoms with Gasteiger partial charge in [0.2, 0.25) is 0 Å². The van der Waals surface area contributed by atoms with Gasteiger partial charge in [-0.2, -0.15) is 0 Å². The van der Waals surface area contributed by atoms with Gasteiger partial charge in [0.15, 0.2) is 0 Å². The number of piperidine rings is 1. The summed E-state index contributed by atoms with van der Waals surface area (Å²) in [5.74, 6) is -0.178. The number of aromatic nitrogens is 1. The molecule has 1 atom stereocenters. The van der Waals surface area contributed by atoms with Crippen molar-refractivity contribution in [2.75, 3.05) is 13.1 Å². The van der Waals surface area contributed by atoms with E-state index in [0.717, 1.165) is 31.5 Å². The lowest BCUT2D eigenvalue weighted by Crippen LogP contribution is -2.45. The second-order valence-corrected chi connectivity index (χ2v) is 6.22. The second-order valence-electron chi connectivity index (χ2n) is 5.36. The van der Waals surface area contributed by atoms with Gasteiger partial charge in [-0.15, -0.1) is 23.7 Å². The monoisotopic (exact) mass is 368 g/mol. The normalized spacial score (nSPS) is 16.9. The molecule has 1 aliphatic rings. The zero-order chi connectivity index (χ0) is 16.2. The van der Waals surface area contributed by atoms with E-state index in [9.17, 15) is 14.9 Å². The summed E-state index contributed by atoms with van der Waals surface area (Å²) in [6, 6.07) is 6.29. The average Bonchev–Trinajstić information content (AvgIpc) is 3.06. The number of halogens is 1. The molecule has 0 radical (unpaired) electrons. The third kappa shape index (κ3) is 4.28. The molecule has 2 aromatic rings. The molecule has 1 unspecified atom stereocenters. The average molecular weight is 369 g/mol. The van der Waals surface area contributed by atoms with Crippen LogP contribution in [0.5, 0.6) is 0 Å². The molecule has 1 aromatic carbocycles. The molecule has 1 aromatic heterocycles. The lowest BCUT2D eigenvalue weighted by atomic mass is 10.1. The summed E-state index contributed by atoms with van der Waals surface area (Å²) in [6.07, 6.45) is 2.02. The fourth-order valence-corrected chi connectivity index (χ4v) is 3.28. The zero-order valence-corrected chi connectivity index (χ0v) is 14.4. The Morgan fingerprint density at radius 3 is 2.75 bits per heavy atom. The lowest BCUT2D eigenvalue weighted by molar-refractivity contribution is -0.384. The van der Waals surface area contributed by atoms with E-state index in [4.69, 9.17) is 0 Å². The van der Waals surface area contributed by atoms with E-state index < -0.39 is 4.92 Å². The van der Waals surface area contributed by atoms with Crippen molar-refractivity contribution in [2.24, 2.45) is 0 Å². The number of hydrogen-bond acceptors (Lipinski definition) is 6. The van der Waals surface area contributed by atoms with Crippen molar-refractivity contribution in [3.63, 3.8) is 0 Å². The van der Waals surface area contributed by atoms with E-state index in [1.807, 2.05) is 0 Å². The third-order valence-electron chi connectivity index (χ3n) is 3.69. The van der Waals surface area contributed by atoms with Crippen LogP contribution in [0.1, 0.15) is 23.3 Å². The molecule has 0 aliphatic carbocycles. The Morgan fingerprint density at radius 2 is 2.12 bits per heavy atom. The van der Waals surface area contributed by atoms with Crippen molar-refractivity contribution in [1.82, 2.24) is 15.6 Å². The van der Waals surface area contributed by atoms with Crippen LogP contribution in [0.25, 0.3) is 10.6 Å². The number of nitrogens with one attached hydrogen (secondary N) is 2. The van der Waals surface area contributed by atoms with Crippen LogP contribution in [0.2, 0.25) is 0 Å². The predicted octanol–water partition coefficient (Wildman–Crippen LogP) is 2.62. The first-order chi connectivity index (χ1) is 11.1. The molecule has 7 nitrogen and oxygen atoms in total. The lowest BCUT2D eigenvalue weighted by Gasteiger charge is -2.23. The topological polar surface area (TPSA) is 97.2 Å². The van der Waals surface area contributed by atoms with Gasteiger partial charge >= 0.3 is 0 Å². The molecule has 0 spiro atoms. The molecule has 0 bridgehead atoms. The Hall–Kier alpha value is -2.03. The molecule has 2 N–H and O–H groups in total. The van der Waals surface area contributed by atoms with Gasteiger partial charge < -0.3 is 10.6 Å². The maximum absolute atomic E-state index is 12.2. The molecule has 1 saturated heterocycles. The number of thiazole rings is 1. The number of nitro benzene ring substituents is 1. The van der Waals surface area contributed by atoms with Crippen molar-refractivity contribution in [3.8, 4) is 10.6 Å². The number of hydrogen-bond donors (Lipinski definition) is 2. The highest BCUT2D eigenvalue weighted by Crippen LogP contribution is 2.25. The minimum atomic E-state index is -0.442. The van der Waals surface area contributed by atoms with Gasteiger partial charge in [0.1, 0.15) is 10.7 Å². The molecule has 24 heavy (non-hydrogen) atoms. The Labute approximate surface area is 149 Å². The van der Waals surface area contributed by atoms with Crippen molar-refractivity contribution < 1.29 is 9.72 Å². The Balaban J connectivity index is 0.00000208. The number of nitro groups is 1. The van der Waals surface area contributed by atoms with Crippen molar-refractivity contribution in [3.05, 3.63) is 45.5 Å². The maximum atomic E-state index is 12.2. The molecule has 0 saturated carbocycles. The standard InChI is InChI=1S/C15H16N4O3S.ClH/c20-14(17-11-2-1-7-16-8-11)13-9-23-15(18-13)10-3-5-12(6-4-10)19(21)22;/h3-6,9,11,16H,1-2,7-8H2,(H,17,20);1H. The maximum Gasteiger partial charge on any atom is 0.271 e. The first-order valence-electron chi connectivity index (χ1n) is 7.35. The number of rotatable bonds is 4. The van der Waals surface area contributed by atoms with Crippen LogP contribution in [0, 0.1) is 10.1 Å². The van der Waals surface area contributed by atoms with Crippen LogP contribution in [0.4, 0.5) is 5.69 Å². The summed E-state index contributed by atoms with van der Waals surface area (Å²) < 4.78 is 0. The highest BCUT2D eigenvalue weighted by Gasteiger charge is 2.18. The molecular weight excluding hydrogens is 352 g/mol. The number of nitrogens with zero attached hydrogens (tertiary/aromatic N) is 2. The van der Waals surface area contributed by atoms with E-state index in [2.05, 4.69) is 15.6 Å². The van der Waals surface area contributed by atoms with Crippen LogP contribution in [-0.2, 0) is 0 Å². The molecular formula is C15H17ClN4O3S. The summed E-state index contributed by atoms with van der Waals surface area (Å²) in [5.41, 5.74) is 1.18. The van der Waals surface area contributed by atoms with Crippen LogP contribution in [-0.4, -0.2) is 34.9 Å². The number of amides is 1. The van der Waals surface area contributed by atoms with Gasteiger partial charge in [-0.3, -0.25) is 14.9 Å². The predicted molar refractivity (Wildman–Crippen MR) is 94.8 cm³/mol. The van der Waals surface area contributed by atoms with Crippen LogP contribution in [0.3, 0.4) is 0 Å². The number of carbonyl (C=O) groups is 1. The summed E-state index contributed by atoms with van der Waals surface area (Å²) in [7, 11) is 0. The van der Waals surface area contributed by atoms with Crippen LogP contribution in [0.15, 0.2) is 29.6 Å². The van der Waals surface area contributed by atoms with Crippen LogP contribution >= 0.6 is 23.7 Å². The van der Waals surface area contributed by atoms with E-state index in [0.29, 0.717) is 10.7 Å². The van der Waals surface area contributed by atoms with Gasteiger partial charge in [0, 0.05) is 35.7 Å². The Kier molecular flexibility index (Phi) is 6.24. The molecule has 1 aliphatic heterocycles. The van der Waals surface area contributed by atoms with Crippen LogP contribution < -0.4 is 10.6 Å². The molecule has 128 valence electrons. The molecule has 3 rings (SSSR count). The quantitative estimate of drug-likeness (QED) is 0.638. The molecule has 9 heteroatoms. The van der Waals surface area contributed by atoms with Crippen molar-refractivity contribution >= 4 is 35.3 Å². The number of carbonyl (C=O) groups excluding carboxylic acids is 1. The van der Waals surface area contributed by atoms with Gasteiger partial charge in [0.25, 0.3) is 11.6 Å². The van der Waals surface area contributed by atoms with E-state index in [1.165, 1.54) is 23.5 Å². The highest BCUT2D eigenvalue weighted by molar-refractivity contribution is 7.13. The fourth-order valence-electron chi connectivity index (χ4n) is 2.47. The SMILES string of the molecule is Cl.O=C(NC1CCCNC1)c1csc(-c2ccc([N+](=O)[O-])cc2)n1. The van der Waals surface area contributed by atoms with E-state index in [1.54, 1.807) is 17.5 Å². The van der Waals surface area contributed by atoms with Crippen molar-refractivity contribution in [1.29, 1.82) is 0 Å². The summed E-state index contributed by atoms with van der Waals surface area (Å²) in [5, 5.41) is 19.3. The number of benzene rings is 1. The Bertz CT molecular complexity index is 714. The first kappa shape index (κ1) is 18.3. The Morgan fingerprint density at radius 1 is 1.38 bits per heavy atom. The third-order valence-corrected chi connectivity index (χ3v) is 4.59. The first-order valence-corrected chi connectivity index (χ1v) is 8.23. The van der Waals surface area contributed by atoms with Gasteiger partial charge in [0.05, 0.1) is 4.92 Å². The molecule has 1 amide bonds. The minimum absolute atomic E-state index is 0. The molecule has 1 fully saturated rings. The van der Waals surface area contributed by atoms with Crippen molar-refractivity contribution in [2.45, 2.75) is 18.9 Å². The zero-order valence-electron chi connectivity index (χ0n) is 12.7. The molecule has 2 heterocycles. The summed E-state index contributed by atoms with van der Waals surface area (Å²) >= 11 is 1.35. The largest absolute Gasteiger partial charge is 0.347 e. The minimum Gasteiger partial charge on any atom is -0.347 e. The van der Waals surface area contributed by atoms with E-state index >= 15 is 0 Å². The summed E-state index contributed by atoms with van der Waals surface area (Å²) in [6.45, 7) is 1.78. The van der Waals surface area contributed by atoms with Gasteiger partial charge in [-0.1, -0.05) is 0 Å². The fraction of sp³-hybridized carbons (Fsp3) is 0.333.